The zero-order valence-corrected chi connectivity index (χ0v) is 12.8. The van der Waals surface area contributed by atoms with E-state index < -0.39 is 0 Å². The molecule has 2 aromatic carbocycles. The lowest BCUT2D eigenvalue weighted by Gasteiger charge is -2.25. The summed E-state index contributed by atoms with van der Waals surface area (Å²) in [6, 6.07) is 14.4. The lowest BCUT2D eigenvalue weighted by Crippen LogP contribution is -2.28. The SMILES string of the molecule is Cc1ccc(N2CCOc3ccccc3C2)c(C(N)=S)c1. The maximum Gasteiger partial charge on any atom is 0.124 e. The monoisotopic (exact) mass is 298 g/mol. The second-order valence-electron chi connectivity index (χ2n) is 5.26. The predicted octanol–water partition coefficient (Wildman–Crippen LogP) is 3.03. The minimum absolute atomic E-state index is 0.437. The van der Waals surface area contributed by atoms with E-state index in [-0.39, 0.29) is 0 Å². The van der Waals surface area contributed by atoms with Gasteiger partial charge in [-0.3, -0.25) is 0 Å². The summed E-state index contributed by atoms with van der Waals surface area (Å²) >= 11 is 5.21. The van der Waals surface area contributed by atoms with Crippen LogP contribution in [-0.4, -0.2) is 18.1 Å². The van der Waals surface area contributed by atoms with Gasteiger partial charge in [-0.15, -0.1) is 0 Å². The van der Waals surface area contributed by atoms with Gasteiger partial charge in [0, 0.05) is 23.4 Å². The van der Waals surface area contributed by atoms with Gasteiger partial charge in [0.05, 0.1) is 6.54 Å². The molecule has 0 unspecified atom stereocenters. The van der Waals surface area contributed by atoms with Crippen LogP contribution in [0, 0.1) is 6.92 Å². The van der Waals surface area contributed by atoms with E-state index in [9.17, 15) is 0 Å². The molecule has 0 spiro atoms. The molecule has 1 aliphatic heterocycles. The van der Waals surface area contributed by atoms with Crippen LogP contribution in [0.25, 0.3) is 0 Å². The largest absolute Gasteiger partial charge is 0.491 e. The Balaban J connectivity index is 2.00. The fourth-order valence-electron chi connectivity index (χ4n) is 2.65. The Morgan fingerprint density at radius 1 is 1.24 bits per heavy atom. The van der Waals surface area contributed by atoms with Gasteiger partial charge in [0.25, 0.3) is 0 Å². The highest BCUT2D eigenvalue weighted by Crippen LogP contribution is 2.28. The van der Waals surface area contributed by atoms with Crippen molar-refractivity contribution in [3.8, 4) is 5.75 Å². The Bertz CT molecular complexity index is 684. The number of hydrogen-bond acceptors (Lipinski definition) is 3. The van der Waals surface area contributed by atoms with Gasteiger partial charge in [0.15, 0.2) is 0 Å². The molecule has 21 heavy (non-hydrogen) atoms. The number of thiocarbonyl (C=S) groups is 1. The Labute approximate surface area is 130 Å². The van der Waals surface area contributed by atoms with E-state index in [4.69, 9.17) is 22.7 Å². The van der Waals surface area contributed by atoms with Crippen LogP contribution < -0.4 is 15.4 Å². The molecule has 2 aromatic rings. The molecule has 0 saturated carbocycles. The number of aryl methyl sites for hydroxylation is 1. The van der Waals surface area contributed by atoms with E-state index in [0.717, 1.165) is 35.7 Å². The van der Waals surface area contributed by atoms with Crippen molar-refractivity contribution in [1.29, 1.82) is 0 Å². The zero-order valence-electron chi connectivity index (χ0n) is 12.0. The predicted molar refractivity (Wildman–Crippen MR) is 90.1 cm³/mol. The topological polar surface area (TPSA) is 38.5 Å². The third kappa shape index (κ3) is 2.85. The Hall–Kier alpha value is -2.07. The van der Waals surface area contributed by atoms with Crippen molar-refractivity contribution in [3.05, 3.63) is 59.2 Å². The molecule has 0 saturated heterocycles. The normalized spacial score (nSPS) is 14.0. The van der Waals surface area contributed by atoms with Gasteiger partial charge in [-0.05, 0) is 25.1 Å². The second kappa shape index (κ2) is 5.74. The Kier molecular flexibility index (Phi) is 3.80. The van der Waals surface area contributed by atoms with Gasteiger partial charge >= 0.3 is 0 Å². The standard InChI is InChI=1S/C17H18N2OS/c1-12-6-7-15(14(10-12)17(18)21)19-8-9-20-16-5-3-2-4-13(16)11-19/h2-7,10H,8-9,11H2,1H3,(H2,18,21). The van der Waals surface area contributed by atoms with E-state index in [0.29, 0.717) is 11.6 Å². The molecule has 0 fully saturated rings. The molecule has 4 heteroatoms. The van der Waals surface area contributed by atoms with E-state index in [1.807, 2.05) is 25.1 Å². The van der Waals surface area contributed by atoms with Crippen LogP contribution in [0.1, 0.15) is 16.7 Å². The summed E-state index contributed by atoms with van der Waals surface area (Å²) in [5.74, 6) is 0.962. The van der Waals surface area contributed by atoms with Crippen molar-refractivity contribution >= 4 is 22.9 Å². The first-order valence-electron chi connectivity index (χ1n) is 7.01. The highest BCUT2D eigenvalue weighted by Gasteiger charge is 2.18. The number of rotatable bonds is 2. The zero-order chi connectivity index (χ0) is 14.8. The lowest BCUT2D eigenvalue weighted by atomic mass is 10.1. The summed E-state index contributed by atoms with van der Waals surface area (Å²) in [5.41, 5.74) is 10.3. The number of hydrogen-bond donors (Lipinski definition) is 1. The van der Waals surface area contributed by atoms with Crippen LogP contribution in [0.3, 0.4) is 0 Å². The summed E-state index contributed by atoms with van der Waals surface area (Å²) in [4.78, 5) is 2.71. The fourth-order valence-corrected chi connectivity index (χ4v) is 2.82. The molecular formula is C17H18N2OS. The van der Waals surface area contributed by atoms with Crippen molar-refractivity contribution in [2.24, 2.45) is 5.73 Å². The van der Waals surface area contributed by atoms with Gasteiger partial charge in [-0.1, -0.05) is 42.0 Å². The third-order valence-corrected chi connectivity index (χ3v) is 3.93. The summed E-state index contributed by atoms with van der Waals surface area (Å²) in [6.45, 7) is 4.32. The first-order valence-corrected chi connectivity index (χ1v) is 7.42. The van der Waals surface area contributed by atoms with Crippen molar-refractivity contribution < 1.29 is 4.74 Å². The highest BCUT2D eigenvalue weighted by atomic mass is 32.1. The van der Waals surface area contributed by atoms with Crippen LogP contribution in [-0.2, 0) is 6.54 Å². The van der Waals surface area contributed by atoms with Crippen LogP contribution in [0.15, 0.2) is 42.5 Å². The van der Waals surface area contributed by atoms with Crippen molar-refractivity contribution in [1.82, 2.24) is 0 Å². The number of nitrogens with two attached hydrogens (primary N) is 1. The van der Waals surface area contributed by atoms with E-state index in [1.165, 1.54) is 5.56 Å². The molecule has 0 aromatic heterocycles. The second-order valence-corrected chi connectivity index (χ2v) is 5.70. The molecule has 3 nitrogen and oxygen atoms in total. The number of fused-ring (bicyclic) bond motifs is 1. The Morgan fingerprint density at radius 3 is 2.86 bits per heavy atom. The number of benzene rings is 2. The maximum atomic E-state index is 5.90. The van der Waals surface area contributed by atoms with Crippen molar-refractivity contribution in [2.45, 2.75) is 13.5 Å². The molecule has 1 aliphatic rings. The summed E-state index contributed by atoms with van der Waals surface area (Å²) in [6.07, 6.45) is 0. The lowest BCUT2D eigenvalue weighted by molar-refractivity contribution is 0.331. The van der Waals surface area contributed by atoms with Gasteiger partial charge in [-0.2, -0.15) is 0 Å². The number of nitrogens with zero attached hydrogens (tertiary/aromatic N) is 1. The molecule has 0 atom stereocenters. The van der Waals surface area contributed by atoms with Gasteiger partial charge in [0.1, 0.15) is 17.3 Å². The number of ether oxygens (including phenoxy) is 1. The van der Waals surface area contributed by atoms with E-state index >= 15 is 0 Å². The van der Waals surface area contributed by atoms with Crippen LogP contribution >= 0.6 is 12.2 Å². The van der Waals surface area contributed by atoms with Crippen LogP contribution in [0.5, 0.6) is 5.75 Å². The van der Waals surface area contributed by atoms with E-state index in [1.54, 1.807) is 0 Å². The molecule has 2 N–H and O–H groups in total. The first kappa shape index (κ1) is 13.9. The fraction of sp³-hybridized carbons (Fsp3) is 0.235. The minimum Gasteiger partial charge on any atom is -0.491 e. The van der Waals surface area contributed by atoms with Crippen molar-refractivity contribution in [3.63, 3.8) is 0 Å². The molecule has 0 radical (unpaired) electrons. The molecular weight excluding hydrogens is 280 g/mol. The van der Waals surface area contributed by atoms with Gasteiger partial charge in [-0.25, -0.2) is 0 Å². The molecule has 1 heterocycles. The van der Waals surface area contributed by atoms with Crippen LogP contribution in [0.4, 0.5) is 5.69 Å². The number of para-hydroxylation sites is 1. The average molecular weight is 298 g/mol. The summed E-state index contributed by atoms with van der Waals surface area (Å²) < 4.78 is 5.82. The maximum absolute atomic E-state index is 5.90. The molecule has 108 valence electrons. The summed E-state index contributed by atoms with van der Waals surface area (Å²) in [5, 5.41) is 0. The summed E-state index contributed by atoms with van der Waals surface area (Å²) in [7, 11) is 0. The highest BCUT2D eigenvalue weighted by molar-refractivity contribution is 7.80. The minimum atomic E-state index is 0.437. The number of anilines is 1. The molecule has 0 aliphatic carbocycles. The van der Waals surface area contributed by atoms with Crippen molar-refractivity contribution in [2.75, 3.05) is 18.1 Å². The first-order chi connectivity index (χ1) is 10.1. The molecule has 3 rings (SSSR count). The van der Waals surface area contributed by atoms with Gasteiger partial charge in [0.2, 0.25) is 0 Å². The van der Waals surface area contributed by atoms with E-state index in [2.05, 4.69) is 29.2 Å². The Morgan fingerprint density at radius 2 is 2.05 bits per heavy atom. The average Bonchev–Trinajstić information content (AvgIpc) is 2.69. The molecule has 0 amide bonds. The smallest absolute Gasteiger partial charge is 0.124 e. The van der Waals surface area contributed by atoms with Gasteiger partial charge < -0.3 is 15.4 Å². The third-order valence-electron chi connectivity index (χ3n) is 3.71. The quantitative estimate of drug-likeness (QED) is 0.865. The molecule has 0 bridgehead atoms. The van der Waals surface area contributed by atoms with Crippen LogP contribution in [0.2, 0.25) is 0 Å².